The Morgan fingerprint density at radius 2 is 1.77 bits per heavy atom. The molecule has 0 radical (unpaired) electrons. The van der Waals surface area contributed by atoms with Crippen molar-refractivity contribution in [2.24, 2.45) is 5.92 Å². The van der Waals surface area contributed by atoms with Gasteiger partial charge in [0, 0.05) is 52.0 Å². The number of sulfonamides is 1. The van der Waals surface area contributed by atoms with Crippen LogP contribution in [0.25, 0.3) is 0 Å². The lowest BCUT2D eigenvalue weighted by Crippen LogP contribution is -2.49. The van der Waals surface area contributed by atoms with Crippen LogP contribution in [-0.2, 0) is 16.4 Å². The third kappa shape index (κ3) is 5.07. The smallest absolute Gasteiger partial charge is 0.322 e. The lowest BCUT2D eigenvalue weighted by atomic mass is 9.88. The highest BCUT2D eigenvalue weighted by molar-refractivity contribution is 7.89. The van der Waals surface area contributed by atoms with E-state index in [-0.39, 0.29) is 17.0 Å². The van der Waals surface area contributed by atoms with Gasteiger partial charge in [0.15, 0.2) is 0 Å². The van der Waals surface area contributed by atoms with E-state index in [2.05, 4.69) is 10.2 Å². The van der Waals surface area contributed by atoms with Crippen molar-refractivity contribution >= 4 is 21.7 Å². The highest BCUT2D eigenvalue weighted by atomic mass is 32.2. The van der Waals surface area contributed by atoms with Crippen molar-refractivity contribution in [3.8, 4) is 0 Å². The molecule has 2 heterocycles. The first-order valence-electron chi connectivity index (χ1n) is 11.7. The van der Waals surface area contributed by atoms with Crippen LogP contribution in [0.5, 0.6) is 0 Å². The first kappa shape index (κ1) is 22.6. The van der Waals surface area contributed by atoms with Gasteiger partial charge in [0.1, 0.15) is 0 Å². The number of rotatable bonds is 5. The number of piperidine rings is 1. The number of amides is 2. The molecule has 2 fully saturated rings. The quantitative estimate of drug-likeness (QED) is 0.751. The third-order valence-corrected chi connectivity index (χ3v) is 8.94. The molecule has 1 N–H and O–H groups in total. The molecule has 0 bridgehead atoms. The maximum atomic E-state index is 12.9. The summed E-state index contributed by atoms with van der Waals surface area (Å²) in [6, 6.07) is 5.23. The molecule has 1 aliphatic carbocycles. The van der Waals surface area contributed by atoms with Gasteiger partial charge in [0.05, 0.1) is 4.90 Å². The molecular formula is C23H36N4O3S. The van der Waals surface area contributed by atoms with Crippen LogP contribution < -0.4 is 10.2 Å². The SMILES string of the molecule is CN(C)S(=O)(=O)c1ccc2c(c1)CCN2C(=O)NC1CCN(CC2CCCCC2)CC1. The summed E-state index contributed by atoms with van der Waals surface area (Å²) in [7, 11) is -0.404. The summed E-state index contributed by atoms with van der Waals surface area (Å²) in [5.41, 5.74) is 1.74. The molecule has 1 saturated heterocycles. The Morgan fingerprint density at radius 1 is 1.06 bits per heavy atom. The van der Waals surface area contributed by atoms with Gasteiger partial charge in [-0.1, -0.05) is 19.3 Å². The van der Waals surface area contributed by atoms with Crippen molar-refractivity contribution in [2.75, 3.05) is 45.2 Å². The molecule has 2 amide bonds. The fourth-order valence-corrected chi connectivity index (χ4v) is 6.16. The van der Waals surface area contributed by atoms with Gasteiger partial charge in [0.25, 0.3) is 0 Å². The monoisotopic (exact) mass is 448 g/mol. The number of carbonyl (C=O) groups is 1. The molecule has 0 aromatic heterocycles. The molecule has 172 valence electrons. The van der Waals surface area contributed by atoms with Gasteiger partial charge in [0.2, 0.25) is 10.0 Å². The molecule has 1 aromatic carbocycles. The van der Waals surface area contributed by atoms with Gasteiger partial charge in [-0.15, -0.1) is 0 Å². The van der Waals surface area contributed by atoms with E-state index in [4.69, 9.17) is 0 Å². The number of fused-ring (bicyclic) bond motifs is 1. The molecule has 2 aliphatic heterocycles. The van der Waals surface area contributed by atoms with Crippen LogP contribution in [-0.4, -0.2) is 70.0 Å². The van der Waals surface area contributed by atoms with Crippen molar-refractivity contribution in [2.45, 2.75) is 62.3 Å². The first-order chi connectivity index (χ1) is 14.8. The Morgan fingerprint density at radius 3 is 2.45 bits per heavy atom. The van der Waals surface area contributed by atoms with E-state index in [0.717, 1.165) is 43.1 Å². The first-order valence-corrected chi connectivity index (χ1v) is 13.1. The Hall–Kier alpha value is -1.64. The summed E-state index contributed by atoms with van der Waals surface area (Å²) in [4.78, 5) is 17.6. The van der Waals surface area contributed by atoms with E-state index < -0.39 is 10.0 Å². The van der Waals surface area contributed by atoms with Crippen LogP contribution in [0.2, 0.25) is 0 Å². The highest BCUT2D eigenvalue weighted by Crippen LogP contribution is 2.31. The van der Waals surface area contributed by atoms with Gasteiger partial charge in [-0.3, -0.25) is 4.90 Å². The summed E-state index contributed by atoms with van der Waals surface area (Å²) in [5, 5.41) is 3.22. The number of benzene rings is 1. The fraction of sp³-hybridized carbons (Fsp3) is 0.696. The predicted molar refractivity (Wildman–Crippen MR) is 123 cm³/mol. The normalized spacial score (nSPS) is 21.5. The lowest BCUT2D eigenvalue weighted by Gasteiger charge is -2.36. The number of likely N-dealkylation sites (tertiary alicyclic amines) is 1. The maximum Gasteiger partial charge on any atom is 0.322 e. The van der Waals surface area contributed by atoms with Gasteiger partial charge in [-0.25, -0.2) is 17.5 Å². The molecule has 8 heteroatoms. The zero-order valence-electron chi connectivity index (χ0n) is 18.8. The van der Waals surface area contributed by atoms with Crippen LogP contribution in [0.3, 0.4) is 0 Å². The van der Waals surface area contributed by atoms with Gasteiger partial charge in [-0.05, 0) is 61.8 Å². The van der Waals surface area contributed by atoms with Crippen molar-refractivity contribution in [1.29, 1.82) is 0 Å². The molecule has 1 aromatic rings. The number of hydrogen-bond donors (Lipinski definition) is 1. The number of anilines is 1. The molecule has 0 atom stereocenters. The predicted octanol–water partition coefficient (Wildman–Crippen LogP) is 3.05. The minimum absolute atomic E-state index is 0.0623. The molecule has 0 spiro atoms. The van der Waals surface area contributed by atoms with Crippen molar-refractivity contribution < 1.29 is 13.2 Å². The molecule has 4 rings (SSSR count). The summed E-state index contributed by atoms with van der Waals surface area (Å²) >= 11 is 0. The number of urea groups is 1. The van der Waals surface area contributed by atoms with Crippen LogP contribution in [0.4, 0.5) is 10.5 Å². The largest absolute Gasteiger partial charge is 0.335 e. The van der Waals surface area contributed by atoms with Gasteiger partial charge in [-0.2, -0.15) is 0 Å². The summed E-state index contributed by atoms with van der Waals surface area (Å²) in [6.07, 6.45) is 9.61. The van der Waals surface area contributed by atoms with E-state index in [0.29, 0.717) is 13.0 Å². The minimum atomic E-state index is -3.47. The van der Waals surface area contributed by atoms with E-state index in [1.54, 1.807) is 23.1 Å². The van der Waals surface area contributed by atoms with Gasteiger partial charge >= 0.3 is 6.03 Å². The van der Waals surface area contributed by atoms with E-state index in [1.165, 1.54) is 57.0 Å². The average Bonchev–Trinajstić information content (AvgIpc) is 3.19. The third-order valence-electron chi connectivity index (χ3n) is 7.13. The second kappa shape index (κ2) is 9.46. The Balaban J connectivity index is 1.31. The molecule has 3 aliphatic rings. The van der Waals surface area contributed by atoms with Crippen molar-refractivity contribution in [1.82, 2.24) is 14.5 Å². The average molecular weight is 449 g/mol. The standard InChI is InChI=1S/C23H36N4O3S/c1-25(2)31(29,30)21-8-9-22-19(16-21)10-15-27(22)23(28)24-20-11-13-26(14-12-20)17-18-6-4-3-5-7-18/h8-9,16,18,20H,3-7,10-15,17H2,1-2H3,(H,24,28). The molecule has 7 nitrogen and oxygen atoms in total. The Labute approximate surface area is 186 Å². The zero-order valence-corrected chi connectivity index (χ0v) is 19.7. The Bertz CT molecular complexity index is 888. The van der Waals surface area contributed by atoms with E-state index in [1.807, 2.05) is 0 Å². The molecule has 31 heavy (non-hydrogen) atoms. The minimum Gasteiger partial charge on any atom is -0.335 e. The van der Waals surface area contributed by atoms with Crippen LogP contribution in [0, 0.1) is 5.92 Å². The van der Waals surface area contributed by atoms with E-state index >= 15 is 0 Å². The number of hydrogen-bond acceptors (Lipinski definition) is 4. The van der Waals surface area contributed by atoms with Gasteiger partial charge < -0.3 is 10.2 Å². The maximum absolute atomic E-state index is 12.9. The second-order valence-electron chi connectivity index (χ2n) is 9.51. The molecule has 1 saturated carbocycles. The Kier molecular flexibility index (Phi) is 6.89. The zero-order chi connectivity index (χ0) is 22.0. The molecular weight excluding hydrogens is 412 g/mol. The fourth-order valence-electron chi connectivity index (χ4n) is 5.21. The number of nitrogens with zero attached hydrogens (tertiary/aromatic N) is 3. The summed E-state index contributed by atoms with van der Waals surface area (Å²) in [5.74, 6) is 0.863. The highest BCUT2D eigenvalue weighted by Gasteiger charge is 2.30. The van der Waals surface area contributed by atoms with Crippen molar-refractivity contribution in [3.05, 3.63) is 23.8 Å². The number of carbonyl (C=O) groups excluding carboxylic acids is 1. The van der Waals surface area contributed by atoms with Crippen molar-refractivity contribution in [3.63, 3.8) is 0 Å². The summed E-state index contributed by atoms with van der Waals surface area (Å²) in [6.45, 7) is 3.93. The number of nitrogens with one attached hydrogen (secondary N) is 1. The topological polar surface area (TPSA) is 73.0 Å². The van der Waals surface area contributed by atoms with E-state index in [9.17, 15) is 13.2 Å². The van der Waals surface area contributed by atoms with Crippen LogP contribution >= 0.6 is 0 Å². The van der Waals surface area contributed by atoms with Crippen LogP contribution in [0.15, 0.2) is 23.1 Å². The lowest BCUT2D eigenvalue weighted by molar-refractivity contribution is 0.156. The molecule has 0 unspecified atom stereocenters. The van der Waals surface area contributed by atoms with Crippen LogP contribution in [0.1, 0.15) is 50.5 Å². The second-order valence-corrected chi connectivity index (χ2v) is 11.7. The summed E-state index contributed by atoms with van der Waals surface area (Å²) < 4.78 is 26.0.